The number of carboxylic acids is 1. The smallest absolute Gasteiger partial charge is 0.335 e. The maximum Gasteiger partial charge on any atom is 0.335 e. The molecule has 2 aromatic rings. The molecular weight excluding hydrogens is 251 g/mol. The van der Waals surface area contributed by atoms with Crippen LogP contribution in [-0.4, -0.2) is 11.1 Å². The Labute approximate surface area is 108 Å². The Morgan fingerprint density at radius 2 is 1.89 bits per heavy atom. The Balaban J connectivity index is 2.04. The summed E-state index contributed by atoms with van der Waals surface area (Å²) in [5.74, 6) is -0.501. The lowest BCUT2D eigenvalue weighted by Gasteiger charge is -2.03. The van der Waals surface area contributed by atoms with E-state index in [0.29, 0.717) is 5.75 Å². The van der Waals surface area contributed by atoms with Gasteiger partial charge in [-0.15, -0.1) is 11.8 Å². The normalized spacial score (nSPS) is 10.3. The van der Waals surface area contributed by atoms with Crippen molar-refractivity contribution in [1.82, 2.24) is 0 Å². The molecule has 92 valence electrons. The topological polar surface area (TPSA) is 37.3 Å². The predicted octanol–water partition coefficient (Wildman–Crippen LogP) is 3.82. The van der Waals surface area contributed by atoms with Crippen molar-refractivity contribution >= 4 is 17.7 Å². The minimum absolute atomic E-state index is 0.253. The van der Waals surface area contributed by atoms with Gasteiger partial charge in [0.2, 0.25) is 0 Å². The molecule has 0 amide bonds. The van der Waals surface area contributed by atoms with Crippen molar-refractivity contribution in [3.8, 4) is 0 Å². The Morgan fingerprint density at radius 3 is 2.56 bits per heavy atom. The summed E-state index contributed by atoms with van der Waals surface area (Å²) < 4.78 is 12.7. The van der Waals surface area contributed by atoms with Crippen LogP contribution in [0.1, 0.15) is 15.9 Å². The molecule has 0 aliphatic heterocycles. The fourth-order valence-corrected chi connectivity index (χ4v) is 2.38. The van der Waals surface area contributed by atoms with Gasteiger partial charge in [-0.25, -0.2) is 9.18 Å². The van der Waals surface area contributed by atoms with Crippen molar-refractivity contribution in [2.75, 3.05) is 0 Å². The van der Waals surface area contributed by atoms with Gasteiger partial charge in [0.05, 0.1) is 5.56 Å². The zero-order chi connectivity index (χ0) is 13.0. The number of rotatable bonds is 4. The van der Waals surface area contributed by atoms with Gasteiger partial charge in [-0.05, 0) is 35.9 Å². The van der Waals surface area contributed by atoms with Crippen LogP contribution in [0.25, 0.3) is 0 Å². The summed E-state index contributed by atoms with van der Waals surface area (Å²) in [6.07, 6.45) is 0. The van der Waals surface area contributed by atoms with Gasteiger partial charge >= 0.3 is 5.97 Å². The van der Waals surface area contributed by atoms with Crippen LogP contribution < -0.4 is 0 Å². The van der Waals surface area contributed by atoms with E-state index >= 15 is 0 Å². The first-order valence-corrected chi connectivity index (χ1v) is 6.34. The summed E-state index contributed by atoms with van der Waals surface area (Å²) in [7, 11) is 0. The number of hydrogen-bond acceptors (Lipinski definition) is 2. The Kier molecular flexibility index (Phi) is 3.99. The molecule has 2 rings (SSSR count). The molecule has 0 unspecified atom stereocenters. The molecule has 0 aliphatic carbocycles. The highest BCUT2D eigenvalue weighted by Gasteiger charge is 2.03. The standard InChI is InChI=1S/C14H11FO2S/c15-12-6-4-10(5-7-12)9-18-13-3-1-2-11(8-13)14(16)17/h1-8H,9H2,(H,16,17). The van der Waals surface area contributed by atoms with E-state index in [9.17, 15) is 9.18 Å². The third-order valence-corrected chi connectivity index (χ3v) is 3.46. The van der Waals surface area contributed by atoms with E-state index in [1.807, 2.05) is 6.07 Å². The molecule has 0 aromatic heterocycles. The Morgan fingerprint density at radius 1 is 1.17 bits per heavy atom. The lowest BCUT2D eigenvalue weighted by molar-refractivity contribution is 0.0696. The van der Waals surface area contributed by atoms with Gasteiger partial charge in [0.15, 0.2) is 0 Å². The fraction of sp³-hybridized carbons (Fsp3) is 0.0714. The average molecular weight is 262 g/mol. The van der Waals surface area contributed by atoms with Gasteiger partial charge < -0.3 is 5.11 Å². The first kappa shape index (κ1) is 12.6. The van der Waals surface area contributed by atoms with Crippen molar-refractivity contribution in [3.63, 3.8) is 0 Å². The van der Waals surface area contributed by atoms with E-state index < -0.39 is 5.97 Å². The third-order valence-electron chi connectivity index (χ3n) is 2.40. The molecule has 0 saturated heterocycles. The van der Waals surface area contributed by atoms with Crippen LogP contribution in [0, 0.1) is 5.82 Å². The maximum atomic E-state index is 12.7. The fourth-order valence-electron chi connectivity index (χ4n) is 1.47. The van der Waals surface area contributed by atoms with Crippen molar-refractivity contribution in [1.29, 1.82) is 0 Å². The van der Waals surface area contributed by atoms with Gasteiger partial charge in [0.25, 0.3) is 0 Å². The number of carboxylic acid groups (broad SMARTS) is 1. The summed E-state index contributed by atoms with van der Waals surface area (Å²) in [5.41, 5.74) is 1.28. The van der Waals surface area contributed by atoms with E-state index in [2.05, 4.69) is 0 Å². The van der Waals surface area contributed by atoms with Crippen molar-refractivity contribution in [2.24, 2.45) is 0 Å². The van der Waals surface area contributed by atoms with Crippen LogP contribution in [0.4, 0.5) is 4.39 Å². The molecule has 0 fully saturated rings. The predicted molar refractivity (Wildman–Crippen MR) is 69.4 cm³/mol. The first-order chi connectivity index (χ1) is 8.65. The molecule has 0 heterocycles. The lowest BCUT2D eigenvalue weighted by Crippen LogP contribution is -1.95. The quantitative estimate of drug-likeness (QED) is 0.851. The van der Waals surface area contributed by atoms with E-state index in [1.165, 1.54) is 23.9 Å². The van der Waals surface area contributed by atoms with E-state index in [1.54, 1.807) is 30.3 Å². The van der Waals surface area contributed by atoms with Gasteiger partial charge in [-0.2, -0.15) is 0 Å². The summed E-state index contributed by atoms with van der Waals surface area (Å²) in [6, 6.07) is 13.1. The minimum atomic E-state index is -0.931. The molecule has 0 saturated carbocycles. The van der Waals surface area contributed by atoms with Crippen LogP contribution in [0.3, 0.4) is 0 Å². The molecule has 0 bridgehead atoms. The minimum Gasteiger partial charge on any atom is -0.478 e. The van der Waals surface area contributed by atoms with Crippen LogP contribution in [-0.2, 0) is 5.75 Å². The second kappa shape index (κ2) is 5.69. The second-order valence-electron chi connectivity index (χ2n) is 3.75. The van der Waals surface area contributed by atoms with E-state index in [-0.39, 0.29) is 11.4 Å². The molecule has 18 heavy (non-hydrogen) atoms. The number of aromatic carboxylic acids is 1. The highest BCUT2D eigenvalue weighted by molar-refractivity contribution is 7.98. The number of halogens is 1. The average Bonchev–Trinajstić information content (AvgIpc) is 2.38. The molecule has 1 N–H and O–H groups in total. The van der Waals surface area contributed by atoms with Crippen LogP contribution in [0.5, 0.6) is 0 Å². The SMILES string of the molecule is O=C(O)c1cccc(SCc2ccc(F)cc2)c1. The van der Waals surface area contributed by atoms with Crippen molar-refractivity contribution < 1.29 is 14.3 Å². The van der Waals surface area contributed by atoms with Gasteiger partial charge in [0.1, 0.15) is 5.82 Å². The lowest BCUT2D eigenvalue weighted by atomic mass is 10.2. The van der Waals surface area contributed by atoms with Crippen LogP contribution >= 0.6 is 11.8 Å². The molecule has 4 heteroatoms. The Bertz CT molecular complexity index is 552. The largest absolute Gasteiger partial charge is 0.478 e. The van der Waals surface area contributed by atoms with Crippen molar-refractivity contribution in [3.05, 3.63) is 65.5 Å². The second-order valence-corrected chi connectivity index (χ2v) is 4.80. The first-order valence-electron chi connectivity index (χ1n) is 5.36. The Hall–Kier alpha value is -1.81. The number of thioether (sulfide) groups is 1. The zero-order valence-corrected chi connectivity index (χ0v) is 10.3. The molecular formula is C14H11FO2S. The van der Waals surface area contributed by atoms with Gasteiger partial charge in [0, 0.05) is 10.6 Å². The molecule has 0 radical (unpaired) electrons. The molecule has 0 spiro atoms. The van der Waals surface area contributed by atoms with Crippen molar-refractivity contribution in [2.45, 2.75) is 10.6 Å². The molecule has 0 atom stereocenters. The summed E-state index contributed by atoms with van der Waals surface area (Å²) in [4.78, 5) is 11.7. The summed E-state index contributed by atoms with van der Waals surface area (Å²) in [6.45, 7) is 0. The zero-order valence-electron chi connectivity index (χ0n) is 9.47. The van der Waals surface area contributed by atoms with Gasteiger partial charge in [-0.1, -0.05) is 18.2 Å². The van der Waals surface area contributed by atoms with Crippen LogP contribution in [0.15, 0.2) is 53.4 Å². The maximum absolute atomic E-state index is 12.7. The number of hydrogen-bond donors (Lipinski definition) is 1. The monoisotopic (exact) mass is 262 g/mol. The highest BCUT2D eigenvalue weighted by Crippen LogP contribution is 2.23. The van der Waals surface area contributed by atoms with E-state index in [4.69, 9.17) is 5.11 Å². The number of carbonyl (C=O) groups is 1. The molecule has 2 aromatic carbocycles. The highest BCUT2D eigenvalue weighted by atomic mass is 32.2. The molecule has 0 aliphatic rings. The van der Waals surface area contributed by atoms with Gasteiger partial charge in [-0.3, -0.25) is 0 Å². The van der Waals surface area contributed by atoms with E-state index in [0.717, 1.165) is 10.5 Å². The van der Waals surface area contributed by atoms with Crippen LogP contribution in [0.2, 0.25) is 0 Å². The number of benzene rings is 2. The molecule has 2 nitrogen and oxygen atoms in total. The summed E-state index contributed by atoms with van der Waals surface area (Å²) >= 11 is 1.53. The third kappa shape index (κ3) is 3.34. The summed E-state index contributed by atoms with van der Waals surface area (Å²) in [5, 5.41) is 8.87.